The van der Waals surface area contributed by atoms with Crippen LogP contribution in [-0.4, -0.2) is 5.78 Å². The van der Waals surface area contributed by atoms with Gasteiger partial charge < -0.3 is 0 Å². The van der Waals surface area contributed by atoms with E-state index in [4.69, 9.17) is 11.6 Å². The van der Waals surface area contributed by atoms with Crippen LogP contribution >= 0.6 is 45.5 Å². The van der Waals surface area contributed by atoms with E-state index in [-0.39, 0.29) is 5.78 Å². The Morgan fingerprint density at radius 3 is 2.59 bits per heavy atom. The third-order valence-corrected chi connectivity index (χ3v) is 4.75. The van der Waals surface area contributed by atoms with E-state index >= 15 is 0 Å². The summed E-state index contributed by atoms with van der Waals surface area (Å²) in [4.78, 5) is 14.4. The molecular formula is C13H10ClIOS. The molecule has 0 fully saturated rings. The first-order valence-electron chi connectivity index (χ1n) is 5.06. The molecule has 0 aliphatic rings. The molecule has 2 rings (SSSR count). The topological polar surface area (TPSA) is 17.1 Å². The lowest BCUT2D eigenvalue weighted by Gasteiger charge is -2.03. The monoisotopic (exact) mass is 376 g/mol. The number of carbonyl (C=O) groups excluding carboxylic acids is 1. The molecule has 2 aromatic rings. The molecule has 4 heteroatoms. The average molecular weight is 377 g/mol. The van der Waals surface area contributed by atoms with Crippen molar-refractivity contribution in [2.75, 3.05) is 0 Å². The fraction of sp³-hybridized carbons (Fsp3) is 0.154. The third kappa shape index (κ3) is 2.72. The molecule has 1 aromatic carbocycles. The van der Waals surface area contributed by atoms with Gasteiger partial charge in [-0.1, -0.05) is 11.6 Å². The quantitative estimate of drug-likeness (QED) is 0.541. The number of thiophene rings is 1. The largest absolute Gasteiger partial charge is 0.288 e. The molecule has 1 heterocycles. The fourth-order valence-corrected chi connectivity index (χ4v) is 3.39. The normalized spacial score (nSPS) is 10.6. The van der Waals surface area contributed by atoms with Gasteiger partial charge in [0.05, 0.1) is 4.88 Å². The number of halogens is 2. The van der Waals surface area contributed by atoms with E-state index in [9.17, 15) is 4.79 Å². The van der Waals surface area contributed by atoms with E-state index in [1.54, 1.807) is 12.1 Å². The van der Waals surface area contributed by atoms with Gasteiger partial charge in [0.15, 0.2) is 0 Å². The molecule has 0 saturated carbocycles. The van der Waals surface area contributed by atoms with E-state index in [1.807, 2.05) is 26.0 Å². The van der Waals surface area contributed by atoms with E-state index in [0.29, 0.717) is 10.6 Å². The van der Waals surface area contributed by atoms with Crippen LogP contribution in [0.1, 0.15) is 25.7 Å². The lowest BCUT2D eigenvalue weighted by atomic mass is 10.1. The van der Waals surface area contributed by atoms with Crippen molar-refractivity contribution in [3.05, 3.63) is 53.7 Å². The Kier molecular flexibility index (Phi) is 3.90. The van der Waals surface area contributed by atoms with Crippen molar-refractivity contribution in [3.8, 4) is 0 Å². The van der Waals surface area contributed by atoms with Crippen molar-refractivity contribution in [1.29, 1.82) is 0 Å². The van der Waals surface area contributed by atoms with E-state index < -0.39 is 0 Å². The van der Waals surface area contributed by atoms with Crippen LogP contribution in [0, 0.1) is 17.4 Å². The summed E-state index contributed by atoms with van der Waals surface area (Å²) in [7, 11) is 0. The Hall–Kier alpha value is -0.390. The maximum absolute atomic E-state index is 12.4. The highest BCUT2D eigenvalue weighted by Gasteiger charge is 2.17. The molecule has 88 valence electrons. The predicted octanol–water partition coefficient (Wildman–Crippen LogP) is 4.85. The average Bonchev–Trinajstić information content (AvgIpc) is 2.60. The Labute approximate surface area is 123 Å². The molecule has 0 spiro atoms. The summed E-state index contributed by atoms with van der Waals surface area (Å²) in [5.74, 6) is 0.0625. The lowest BCUT2D eigenvalue weighted by molar-refractivity contribution is 0.104. The molecule has 17 heavy (non-hydrogen) atoms. The second kappa shape index (κ2) is 5.08. The number of aryl methyl sites for hydroxylation is 2. The molecule has 1 nitrogen and oxygen atoms in total. The van der Waals surface area contributed by atoms with Gasteiger partial charge in [0, 0.05) is 19.0 Å². The van der Waals surface area contributed by atoms with Gasteiger partial charge >= 0.3 is 0 Å². The van der Waals surface area contributed by atoms with Crippen molar-refractivity contribution < 1.29 is 4.79 Å². The van der Waals surface area contributed by atoms with Crippen LogP contribution in [0.3, 0.4) is 0 Å². The number of rotatable bonds is 2. The third-order valence-electron chi connectivity index (χ3n) is 2.42. The van der Waals surface area contributed by atoms with Crippen LogP contribution in [0.4, 0.5) is 0 Å². The fourth-order valence-electron chi connectivity index (χ4n) is 1.66. The first-order valence-corrected chi connectivity index (χ1v) is 7.33. The summed E-state index contributed by atoms with van der Waals surface area (Å²) in [6.07, 6.45) is 0. The predicted molar refractivity (Wildman–Crippen MR) is 81.4 cm³/mol. The van der Waals surface area contributed by atoms with Crippen LogP contribution in [0.15, 0.2) is 24.3 Å². The molecule has 0 unspecified atom stereocenters. The molecule has 0 amide bonds. The molecular weight excluding hydrogens is 367 g/mol. The van der Waals surface area contributed by atoms with Gasteiger partial charge in [-0.25, -0.2) is 0 Å². The number of ketones is 1. The highest BCUT2D eigenvalue weighted by molar-refractivity contribution is 14.1. The zero-order chi connectivity index (χ0) is 12.6. The minimum absolute atomic E-state index is 0.0625. The van der Waals surface area contributed by atoms with Crippen molar-refractivity contribution in [3.63, 3.8) is 0 Å². The summed E-state index contributed by atoms with van der Waals surface area (Å²) in [6, 6.07) is 7.44. The Balaban J connectivity index is 2.50. The SMILES string of the molecule is Cc1cc(C)c(C(=O)c2cc(Cl)ccc2I)s1. The van der Waals surface area contributed by atoms with Gasteiger partial charge in [-0.2, -0.15) is 0 Å². The van der Waals surface area contributed by atoms with Gasteiger partial charge in [0.2, 0.25) is 5.78 Å². The van der Waals surface area contributed by atoms with Crippen molar-refractivity contribution in [1.82, 2.24) is 0 Å². The summed E-state index contributed by atoms with van der Waals surface area (Å²) in [5.41, 5.74) is 1.72. The van der Waals surface area contributed by atoms with Gasteiger partial charge in [-0.05, 0) is 66.3 Å². The van der Waals surface area contributed by atoms with Gasteiger partial charge in [-0.3, -0.25) is 4.79 Å². The minimum atomic E-state index is 0.0625. The van der Waals surface area contributed by atoms with Gasteiger partial charge in [0.1, 0.15) is 0 Å². The first kappa shape index (κ1) is 13.1. The maximum Gasteiger partial charge on any atom is 0.204 e. The highest BCUT2D eigenvalue weighted by atomic mass is 127. The van der Waals surface area contributed by atoms with Crippen LogP contribution in [0.5, 0.6) is 0 Å². The Bertz CT molecular complexity index is 589. The van der Waals surface area contributed by atoms with Gasteiger partial charge in [-0.15, -0.1) is 11.3 Å². The van der Waals surface area contributed by atoms with Crippen LogP contribution in [-0.2, 0) is 0 Å². The first-order chi connectivity index (χ1) is 7.99. The molecule has 0 saturated heterocycles. The number of carbonyl (C=O) groups is 1. The van der Waals surface area contributed by atoms with Crippen LogP contribution < -0.4 is 0 Å². The van der Waals surface area contributed by atoms with E-state index in [2.05, 4.69) is 22.6 Å². The van der Waals surface area contributed by atoms with Crippen molar-refractivity contribution in [2.45, 2.75) is 13.8 Å². The molecule has 0 radical (unpaired) electrons. The van der Waals surface area contributed by atoms with Gasteiger partial charge in [0.25, 0.3) is 0 Å². The Morgan fingerprint density at radius 1 is 1.29 bits per heavy atom. The molecule has 0 N–H and O–H groups in total. The van der Waals surface area contributed by atoms with E-state index in [1.165, 1.54) is 11.3 Å². The zero-order valence-electron chi connectivity index (χ0n) is 9.38. The number of benzene rings is 1. The standard InChI is InChI=1S/C13H10ClIOS/c1-7-5-8(2)17-13(7)12(16)10-6-9(14)3-4-11(10)15/h3-6H,1-2H3. The minimum Gasteiger partial charge on any atom is -0.288 e. The summed E-state index contributed by atoms with van der Waals surface area (Å²) >= 11 is 9.64. The second-order valence-electron chi connectivity index (χ2n) is 3.82. The van der Waals surface area contributed by atoms with Crippen LogP contribution in [0.25, 0.3) is 0 Å². The Morgan fingerprint density at radius 2 is 2.00 bits per heavy atom. The molecule has 1 aromatic heterocycles. The smallest absolute Gasteiger partial charge is 0.204 e. The molecule has 0 aliphatic heterocycles. The number of hydrogen-bond acceptors (Lipinski definition) is 2. The lowest BCUT2D eigenvalue weighted by Crippen LogP contribution is -2.02. The molecule has 0 aliphatic carbocycles. The van der Waals surface area contributed by atoms with Crippen LogP contribution in [0.2, 0.25) is 5.02 Å². The molecule has 0 atom stereocenters. The summed E-state index contributed by atoms with van der Waals surface area (Å²) in [5, 5.41) is 0.597. The number of hydrogen-bond donors (Lipinski definition) is 0. The maximum atomic E-state index is 12.4. The zero-order valence-corrected chi connectivity index (χ0v) is 13.1. The van der Waals surface area contributed by atoms with Crippen molar-refractivity contribution >= 4 is 51.3 Å². The second-order valence-corrected chi connectivity index (χ2v) is 6.68. The summed E-state index contributed by atoms with van der Waals surface area (Å²) in [6.45, 7) is 3.98. The highest BCUT2D eigenvalue weighted by Crippen LogP contribution is 2.27. The molecule has 0 bridgehead atoms. The van der Waals surface area contributed by atoms with Crippen molar-refractivity contribution in [2.24, 2.45) is 0 Å². The summed E-state index contributed by atoms with van der Waals surface area (Å²) < 4.78 is 0.933. The van der Waals surface area contributed by atoms with E-state index in [0.717, 1.165) is 18.9 Å².